The maximum absolute atomic E-state index is 13.4. The average molecular weight is 495 g/mol. The fraction of sp³-hybridized carbons (Fsp3) is 0.333. The van der Waals surface area contributed by atoms with Gasteiger partial charge in [0.15, 0.2) is 0 Å². The monoisotopic (exact) mass is 494 g/mol. The second-order valence-corrected chi connectivity index (χ2v) is 7.92. The lowest BCUT2D eigenvalue weighted by Gasteiger charge is -2.38. The predicted molar refractivity (Wildman–Crippen MR) is 135 cm³/mol. The minimum atomic E-state index is -1.07. The maximum atomic E-state index is 13.4. The van der Waals surface area contributed by atoms with Crippen LogP contribution < -0.4 is 9.64 Å². The topological polar surface area (TPSA) is 108 Å². The van der Waals surface area contributed by atoms with Crippen LogP contribution in [0, 0.1) is 10.1 Å². The van der Waals surface area contributed by atoms with E-state index in [1.807, 2.05) is 25.1 Å². The molecule has 0 aromatic heterocycles. The fourth-order valence-corrected chi connectivity index (χ4v) is 4.49. The Kier molecular flexibility index (Phi) is 8.47. The number of ether oxygens (including phenoxy) is 3. The van der Waals surface area contributed by atoms with Crippen LogP contribution in [-0.2, 0) is 19.1 Å². The lowest BCUT2D eigenvalue weighted by Crippen LogP contribution is -2.36. The van der Waals surface area contributed by atoms with Crippen molar-refractivity contribution in [3.8, 4) is 5.75 Å². The van der Waals surface area contributed by atoms with Crippen molar-refractivity contribution in [2.24, 2.45) is 0 Å². The molecule has 1 aliphatic rings. The number of esters is 2. The van der Waals surface area contributed by atoms with Crippen molar-refractivity contribution in [2.75, 3.05) is 24.7 Å². The summed E-state index contributed by atoms with van der Waals surface area (Å²) in [5.41, 5.74) is 1.76. The number of carbonyl (C=O) groups excluding carboxylic acids is 2. The van der Waals surface area contributed by atoms with Gasteiger partial charge in [-0.05, 0) is 46.8 Å². The van der Waals surface area contributed by atoms with Crippen LogP contribution in [0.25, 0.3) is 0 Å². The molecule has 0 unspecified atom stereocenters. The second-order valence-electron chi connectivity index (χ2n) is 7.92. The van der Waals surface area contributed by atoms with Crippen LogP contribution in [0.2, 0.25) is 0 Å². The minimum absolute atomic E-state index is 0.0895. The standard InChI is InChI=1S/C27H30N2O7/c1-6-34-22-16-12-11-15-21(22)28-17(4)23(26(30)35-7-2)25(24(18(28)5)27(31)36-8-3)19-13-9-10-14-20(19)29(32)33/h9-16,25H,6-8H2,1-5H3. The molecule has 0 saturated heterocycles. The molecule has 9 nitrogen and oxygen atoms in total. The number of benzene rings is 2. The molecule has 2 aromatic carbocycles. The summed E-state index contributed by atoms with van der Waals surface area (Å²) in [6, 6.07) is 13.3. The van der Waals surface area contributed by atoms with Crippen LogP contribution in [-0.4, -0.2) is 36.7 Å². The van der Waals surface area contributed by atoms with Gasteiger partial charge in [-0.15, -0.1) is 0 Å². The Balaban J connectivity index is 2.42. The summed E-state index contributed by atoms with van der Waals surface area (Å²) < 4.78 is 16.6. The van der Waals surface area contributed by atoms with E-state index in [1.54, 1.807) is 50.8 Å². The van der Waals surface area contributed by atoms with E-state index in [0.717, 1.165) is 0 Å². The Morgan fingerprint density at radius 1 is 0.861 bits per heavy atom. The van der Waals surface area contributed by atoms with Crippen molar-refractivity contribution < 1.29 is 28.7 Å². The Morgan fingerprint density at radius 2 is 1.39 bits per heavy atom. The van der Waals surface area contributed by atoms with E-state index in [2.05, 4.69) is 0 Å². The summed E-state index contributed by atoms with van der Waals surface area (Å²) in [6.07, 6.45) is 0. The summed E-state index contributed by atoms with van der Waals surface area (Å²) in [5, 5.41) is 11.9. The summed E-state index contributed by atoms with van der Waals surface area (Å²) >= 11 is 0. The van der Waals surface area contributed by atoms with Crippen molar-refractivity contribution in [2.45, 2.75) is 40.5 Å². The first-order chi connectivity index (χ1) is 17.3. The van der Waals surface area contributed by atoms with E-state index in [9.17, 15) is 19.7 Å². The molecule has 0 bridgehead atoms. The predicted octanol–water partition coefficient (Wildman–Crippen LogP) is 5.27. The summed E-state index contributed by atoms with van der Waals surface area (Å²) in [6.45, 7) is 9.24. The Labute approximate surface area is 210 Å². The van der Waals surface area contributed by atoms with Crippen LogP contribution in [0.3, 0.4) is 0 Å². The number of para-hydroxylation sites is 3. The fourth-order valence-electron chi connectivity index (χ4n) is 4.49. The smallest absolute Gasteiger partial charge is 0.336 e. The average Bonchev–Trinajstić information content (AvgIpc) is 2.85. The number of nitro groups is 1. The maximum Gasteiger partial charge on any atom is 0.336 e. The lowest BCUT2D eigenvalue weighted by atomic mass is 9.79. The number of nitrogens with zero attached hydrogens (tertiary/aromatic N) is 2. The SMILES string of the molecule is CCOC(=O)C1=C(C)N(c2ccccc2OCC)C(C)=C(C(=O)OCC)C1c1ccccc1[N+](=O)[O-]. The van der Waals surface area contributed by atoms with Gasteiger partial charge in [0.1, 0.15) is 5.75 Å². The van der Waals surface area contributed by atoms with Crippen LogP contribution in [0.4, 0.5) is 11.4 Å². The minimum Gasteiger partial charge on any atom is -0.492 e. The highest BCUT2D eigenvalue weighted by molar-refractivity contribution is 6.02. The van der Waals surface area contributed by atoms with Crippen LogP contribution in [0.5, 0.6) is 5.75 Å². The van der Waals surface area contributed by atoms with Gasteiger partial charge in [-0.2, -0.15) is 0 Å². The number of hydrogen-bond acceptors (Lipinski definition) is 8. The highest BCUT2D eigenvalue weighted by Gasteiger charge is 2.43. The van der Waals surface area contributed by atoms with Gasteiger partial charge < -0.3 is 19.1 Å². The van der Waals surface area contributed by atoms with Crippen molar-refractivity contribution in [1.29, 1.82) is 0 Å². The molecule has 2 aromatic rings. The van der Waals surface area contributed by atoms with E-state index < -0.39 is 22.8 Å². The van der Waals surface area contributed by atoms with E-state index in [4.69, 9.17) is 14.2 Å². The molecule has 0 N–H and O–H groups in total. The first kappa shape index (κ1) is 26.5. The molecule has 190 valence electrons. The largest absolute Gasteiger partial charge is 0.492 e. The van der Waals surface area contributed by atoms with Crippen LogP contribution >= 0.6 is 0 Å². The van der Waals surface area contributed by atoms with E-state index in [-0.39, 0.29) is 35.6 Å². The van der Waals surface area contributed by atoms with Gasteiger partial charge >= 0.3 is 11.9 Å². The van der Waals surface area contributed by atoms with Crippen molar-refractivity contribution >= 4 is 23.3 Å². The highest BCUT2D eigenvalue weighted by atomic mass is 16.6. The Bertz CT molecular complexity index is 1190. The van der Waals surface area contributed by atoms with Gasteiger partial charge in [0.05, 0.1) is 47.5 Å². The molecule has 0 aliphatic carbocycles. The van der Waals surface area contributed by atoms with Gasteiger partial charge in [-0.1, -0.05) is 30.3 Å². The molecule has 0 atom stereocenters. The quantitative estimate of drug-likeness (QED) is 0.263. The molecular weight excluding hydrogens is 464 g/mol. The van der Waals surface area contributed by atoms with E-state index in [0.29, 0.717) is 29.4 Å². The molecule has 1 heterocycles. The lowest BCUT2D eigenvalue weighted by molar-refractivity contribution is -0.385. The zero-order valence-corrected chi connectivity index (χ0v) is 21.1. The van der Waals surface area contributed by atoms with Crippen LogP contribution in [0.15, 0.2) is 71.1 Å². The molecular formula is C27H30N2O7. The molecule has 9 heteroatoms. The van der Waals surface area contributed by atoms with Crippen molar-refractivity contribution in [3.05, 3.63) is 86.7 Å². The Hall–Kier alpha value is -4.14. The number of hydrogen-bond donors (Lipinski definition) is 0. The first-order valence-electron chi connectivity index (χ1n) is 11.8. The van der Waals surface area contributed by atoms with Gasteiger partial charge in [0.2, 0.25) is 0 Å². The summed E-state index contributed by atoms with van der Waals surface area (Å²) in [4.78, 5) is 40.0. The molecule has 0 fully saturated rings. The highest BCUT2D eigenvalue weighted by Crippen LogP contribution is 2.48. The number of rotatable bonds is 9. The molecule has 1 aliphatic heterocycles. The number of carbonyl (C=O) groups is 2. The molecule has 3 rings (SSSR count). The first-order valence-corrected chi connectivity index (χ1v) is 11.8. The third-order valence-electron chi connectivity index (χ3n) is 5.87. The second kappa shape index (κ2) is 11.5. The third-order valence-corrected chi connectivity index (χ3v) is 5.87. The van der Waals surface area contributed by atoms with Gasteiger partial charge in [-0.25, -0.2) is 9.59 Å². The molecule has 0 radical (unpaired) electrons. The van der Waals surface area contributed by atoms with Gasteiger partial charge in [-0.3, -0.25) is 10.1 Å². The zero-order valence-electron chi connectivity index (χ0n) is 21.1. The third kappa shape index (κ3) is 4.95. The zero-order chi connectivity index (χ0) is 26.4. The Morgan fingerprint density at radius 3 is 1.92 bits per heavy atom. The normalized spacial score (nSPS) is 14.1. The van der Waals surface area contributed by atoms with E-state index >= 15 is 0 Å². The molecule has 36 heavy (non-hydrogen) atoms. The summed E-state index contributed by atoms with van der Waals surface area (Å²) in [5.74, 6) is -1.87. The van der Waals surface area contributed by atoms with Crippen LogP contribution in [0.1, 0.15) is 46.1 Å². The number of anilines is 1. The number of nitro benzene ring substituents is 1. The van der Waals surface area contributed by atoms with Crippen molar-refractivity contribution in [3.63, 3.8) is 0 Å². The van der Waals surface area contributed by atoms with Gasteiger partial charge in [0, 0.05) is 23.0 Å². The molecule has 0 saturated carbocycles. The van der Waals surface area contributed by atoms with Gasteiger partial charge in [0.25, 0.3) is 5.69 Å². The molecule has 0 spiro atoms. The van der Waals surface area contributed by atoms with E-state index in [1.165, 1.54) is 12.1 Å². The van der Waals surface area contributed by atoms with Crippen molar-refractivity contribution in [1.82, 2.24) is 0 Å². The summed E-state index contributed by atoms with van der Waals surface area (Å²) in [7, 11) is 0. The number of allylic oxidation sites excluding steroid dienone is 2. The molecule has 0 amide bonds.